The molecule has 3 N–H and O–H groups in total. The average molecular weight is 408 g/mol. The number of aromatic nitrogens is 1. The van der Waals surface area contributed by atoms with Crippen LogP contribution in [0.25, 0.3) is 0 Å². The fourth-order valence-corrected chi connectivity index (χ4v) is 4.74. The van der Waals surface area contributed by atoms with Crippen molar-refractivity contribution in [3.8, 4) is 11.8 Å². The molecule has 8 nitrogen and oxygen atoms in total. The van der Waals surface area contributed by atoms with Gasteiger partial charge in [-0.1, -0.05) is 0 Å². The third kappa shape index (κ3) is 4.07. The number of benzene rings is 1. The number of aliphatic hydroxyl groups excluding tert-OH is 3. The minimum atomic E-state index is -3.84. The van der Waals surface area contributed by atoms with Crippen LogP contribution in [0.5, 0.6) is 5.75 Å². The predicted molar refractivity (Wildman–Crippen MR) is 95.7 cm³/mol. The average Bonchev–Trinajstić information content (AvgIpc) is 2.69. The lowest BCUT2D eigenvalue weighted by molar-refractivity contribution is -0.0786. The number of rotatable bonds is 4. The highest BCUT2D eigenvalue weighted by molar-refractivity contribution is 7.99. The van der Waals surface area contributed by atoms with Gasteiger partial charge in [-0.3, -0.25) is 0 Å². The number of sulfone groups is 1. The van der Waals surface area contributed by atoms with Crippen molar-refractivity contribution in [1.29, 1.82) is 5.26 Å². The summed E-state index contributed by atoms with van der Waals surface area (Å²) in [5.41, 5.74) is -0.465. The molecule has 0 spiro atoms. The number of hydrogen-bond acceptors (Lipinski definition) is 9. The smallest absolute Gasteiger partial charge is 0.223 e. The van der Waals surface area contributed by atoms with Gasteiger partial charge >= 0.3 is 0 Å². The Morgan fingerprint density at radius 1 is 1.11 bits per heavy atom. The highest BCUT2D eigenvalue weighted by Crippen LogP contribution is 2.29. The van der Waals surface area contributed by atoms with Crippen molar-refractivity contribution >= 4 is 21.6 Å². The standard InChI is InChI=1S/C17H16N2O6S2/c18-7-10-1-4-12(5-2-10)27(23,24)14-6-3-11(8-19-14)25-17-16(22)15(21)13(20)9-26-17/h1-6,8,13,15-17,20-22H,9H2/t13-,15+,16-,17+/m1/s1. The first-order chi connectivity index (χ1) is 12.8. The molecule has 10 heteroatoms. The number of ether oxygens (including phenoxy) is 1. The topological polar surface area (TPSA) is 141 Å². The number of nitriles is 1. The first-order valence-electron chi connectivity index (χ1n) is 7.86. The van der Waals surface area contributed by atoms with E-state index in [1.165, 1.54) is 42.6 Å². The molecule has 1 aromatic carbocycles. The van der Waals surface area contributed by atoms with E-state index in [0.29, 0.717) is 5.56 Å². The van der Waals surface area contributed by atoms with Gasteiger partial charge in [0.15, 0.2) is 10.5 Å². The van der Waals surface area contributed by atoms with Gasteiger partial charge in [0.1, 0.15) is 18.0 Å². The highest BCUT2D eigenvalue weighted by atomic mass is 32.2. The van der Waals surface area contributed by atoms with E-state index in [9.17, 15) is 23.7 Å². The van der Waals surface area contributed by atoms with E-state index in [0.717, 1.165) is 11.8 Å². The molecule has 0 radical (unpaired) electrons. The maximum absolute atomic E-state index is 12.6. The molecular weight excluding hydrogens is 392 g/mol. The number of thioether (sulfide) groups is 1. The van der Waals surface area contributed by atoms with Crippen molar-refractivity contribution in [2.75, 3.05) is 5.75 Å². The molecule has 1 saturated heterocycles. The normalized spacial score (nSPS) is 25.6. The zero-order valence-electron chi connectivity index (χ0n) is 13.8. The Balaban J connectivity index is 1.75. The van der Waals surface area contributed by atoms with E-state index in [2.05, 4.69) is 4.98 Å². The fraction of sp³-hybridized carbons (Fsp3) is 0.294. The van der Waals surface area contributed by atoms with Crippen LogP contribution in [0.2, 0.25) is 0 Å². The van der Waals surface area contributed by atoms with E-state index in [1.807, 2.05) is 6.07 Å². The van der Waals surface area contributed by atoms with Gasteiger partial charge in [0, 0.05) is 5.75 Å². The Kier molecular flexibility index (Phi) is 5.69. The molecule has 4 atom stereocenters. The molecular formula is C17H16N2O6S2. The molecule has 0 amide bonds. The molecule has 1 aliphatic heterocycles. The number of hydrogen-bond donors (Lipinski definition) is 3. The van der Waals surface area contributed by atoms with Gasteiger partial charge in [-0.25, -0.2) is 13.4 Å². The fourth-order valence-electron chi connectivity index (χ4n) is 2.44. The Hall–Kier alpha value is -2.16. The van der Waals surface area contributed by atoms with Gasteiger partial charge in [-0.05, 0) is 36.4 Å². The molecule has 1 aromatic heterocycles. The summed E-state index contributed by atoms with van der Waals surface area (Å²) in [6.45, 7) is 0. The van der Waals surface area contributed by atoms with Crippen LogP contribution in [-0.4, -0.2) is 58.2 Å². The van der Waals surface area contributed by atoms with Crippen LogP contribution >= 0.6 is 11.8 Å². The highest BCUT2D eigenvalue weighted by Gasteiger charge is 2.38. The second-order valence-corrected chi connectivity index (χ2v) is 8.87. The van der Waals surface area contributed by atoms with Crippen LogP contribution in [0.3, 0.4) is 0 Å². The van der Waals surface area contributed by atoms with Crippen molar-refractivity contribution < 1.29 is 28.5 Å². The maximum Gasteiger partial charge on any atom is 0.223 e. The van der Waals surface area contributed by atoms with E-state index in [4.69, 9.17) is 10.00 Å². The summed E-state index contributed by atoms with van der Waals surface area (Å²) in [6.07, 6.45) is -2.44. The first-order valence-corrected chi connectivity index (χ1v) is 10.4. The quantitative estimate of drug-likeness (QED) is 0.652. The Morgan fingerprint density at radius 2 is 1.81 bits per heavy atom. The third-order valence-electron chi connectivity index (χ3n) is 3.98. The van der Waals surface area contributed by atoms with Crippen LogP contribution in [0.1, 0.15) is 5.56 Å². The second-order valence-electron chi connectivity index (χ2n) is 5.84. The molecule has 2 heterocycles. The molecule has 0 saturated carbocycles. The zero-order valence-corrected chi connectivity index (χ0v) is 15.5. The summed E-state index contributed by atoms with van der Waals surface area (Å²) in [4.78, 5) is 3.93. The number of aliphatic hydroxyl groups is 3. The predicted octanol–water partition coefficient (Wildman–Crippen LogP) is 0.320. The molecule has 1 aliphatic rings. The lowest BCUT2D eigenvalue weighted by Gasteiger charge is -2.34. The summed E-state index contributed by atoms with van der Waals surface area (Å²) in [5, 5.41) is 37.8. The lowest BCUT2D eigenvalue weighted by atomic mass is 10.1. The van der Waals surface area contributed by atoms with Gasteiger partial charge in [0.2, 0.25) is 9.84 Å². The monoisotopic (exact) mass is 408 g/mol. The molecule has 0 aliphatic carbocycles. The van der Waals surface area contributed by atoms with Crippen LogP contribution in [0.4, 0.5) is 0 Å². The Bertz CT molecular complexity index is 941. The van der Waals surface area contributed by atoms with E-state index in [1.54, 1.807) is 0 Å². The molecule has 2 aromatic rings. The van der Waals surface area contributed by atoms with Crippen molar-refractivity contribution in [2.45, 2.75) is 33.7 Å². The molecule has 0 bridgehead atoms. The molecule has 1 fully saturated rings. The SMILES string of the molecule is N#Cc1ccc(S(=O)(=O)c2ccc(O[C@H]3SC[C@@H](O)[C@H](O)[C@H]3O)cn2)cc1. The van der Waals surface area contributed by atoms with Gasteiger partial charge in [0.25, 0.3) is 0 Å². The minimum Gasteiger partial charge on any atom is -0.475 e. The second kappa shape index (κ2) is 7.84. The zero-order chi connectivity index (χ0) is 19.6. The van der Waals surface area contributed by atoms with E-state index in [-0.39, 0.29) is 21.4 Å². The summed E-state index contributed by atoms with van der Waals surface area (Å²) < 4.78 is 30.7. The van der Waals surface area contributed by atoms with Gasteiger partial charge in [-0.15, -0.1) is 11.8 Å². The summed E-state index contributed by atoms with van der Waals surface area (Å²) in [5.74, 6) is 0.413. The van der Waals surface area contributed by atoms with Gasteiger partial charge in [0.05, 0.1) is 28.8 Å². The van der Waals surface area contributed by atoms with Gasteiger partial charge in [-0.2, -0.15) is 5.26 Å². The molecule has 0 unspecified atom stereocenters. The first kappa shape index (κ1) is 19.6. The van der Waals surface area contributed by atoms with Crippen LogP contribution in [-0.2, 0) is 9.84 Å². The maximum atomic E-state index is 12.6. The number of nitrogens with zero attached hydrogens (tertiary/aromatic N) is 2. The van der Waals surface area contributed by atoms with Crippen molar-refractivity contribution in [1.82, 2.24) is 4.98 Å². The van der Waals surface area contributed by atoms with Crippen LogP contribution in [0, 0.1) is 11.3 Å². The van der Waals surface area contributed by atoms with Crippen LogP contribution < -0.4 is 4.74 Å². The van der Waals surface area contributed by atoms with E-state index >= 15 is 0 Å². The summed E-state index contributed by atoms with van der Waals surface area (Å²) in [6, 6.07) is 10.1. The Labute approximate surface area is 160 Å². The lowest BCUT2D eigenvalue weighted by Crippen LogP contribution is -2.50. The van der Waals surface area contributed by atoms with Crippen molar-refractivity contribution in [3.05, 3.63) is 48.2 Å². The minimum absolute atomic E-state index is 0.0121. The van der Waals surface area contributed by atoms with E-state index < -0.39 is 33.6 Å². The Morgan fingerprint density at radius 3 is 2.41 bits per heavy atom. The summed E-state index contributed by atoms with van der Waals surface area (Å²) in [7, 11) is -3.84. The third-order valence-corrected chi connectivity index (χ3v) is 6.91. The number of pyridine rings is 1. The largest absolute Gasteiger partial charge is 0.475 e. The molecule has 142 valence electrons. The summed E-state index contributed by atoms with van der Waals surface area (Å²) >= 11 is 1.13. The molecule has 27 heavy (non-hydrogen) atoms. The van der Waals surface area contributed by atoms with Crippen molar-refractivity contribution in [2.24, 2.45) is 0 Å². The molecule has 3 rings (SSSR count). The van der Waals surface area contributed by atoms with Crippen molar-refractivity contribution in [3.63, 3.8) is 0 Å². The van der Waals surface area contributed by atoms with Crippen LogP contribution in [0.15, 0.2) is 52.5 Å². The van der Waals surface area contributed by atoms with Gasteiger partial charge < -0.3 is 20.1 Å².